The lowest BCUT2D eigenvalue weighted by Gasteiger charge is -2.37. The van der Waals surface area contributed by atoms with Crippen molar-refractivity contribution in [1.82, 2.24) is 0 Å². The molecule has 2 atom stereocenters. The van der Waals surface area contributed by atoms with Crippen molar-refractivity contribution in [3.05, 3.63) is 121 Å². The molecule has 0 aliphatic heterocycles. The summed E-state index contributed by atoms with van der Waals surface area (Å²) >= 11 is 0. The fraction of sp³-hybridized carbons (Fsp3) is 0.273. The van der Waals surface area contributed by atoms with Gasteiger partial charge in [0.1, 0.15) is 28.9 Å². The highest BCUT2D eigenvalue weighted by Crippen LogP contribution is 2.58. The fourth-order valence-corrected chi connectivity index (χ4v) is 11.0. The molecule has 2 nitrogen and oxygen atoms in total. The van der Waals surface area contributed by atoms with Gasteiger partial charge in [-0.2, -0.15) is 0 Å². The van der Waals surface area contributed by atoms with Gasteiger partial charge >= 0.3 is 0 Å². The van der Waals surface area contributed by atoms with Crippen molar-refractivity contribution in [2.45, 2.75) is 39.1 Å². The Morgan fingerprint density at radius 3 is 1.43 bits per heavy atom. The molecule has 0 aromatic heterocycles. The average molecular weight is 528 g/mol. The molecule has 0 aliphatic carbocycles. The third kappa shape index (κ3) is 6.41. The van der Waals surface area contributed by atoms with Gasteiger partial charge in [-0.05, 0) is 80.2 Å². The Bertz CT molecular complexity index is 1130. The number of methoxy groups -OCH3 is 1. The molecule has 0 aliphatic rings. The van der Waals surface area contributed by atoms with Crippen LogP contribution >= 0.6 is 7.26 Å². The van der Waals surface area contributed by atoms with Crippen LogP contribution in [0, 0.1) is 5.92 Å². The molecule has 0 heterocycles. The molecule has 4 aromatic carbocycles. The molecular formula is C33H40O2PSi+. The quantitative estimate of drug-likeness (QED) is 0.148. The van der Waals surface area contributed by atoms with Gasteiger partial charge in [0.25, 0.3) is 0 Å². The van der Waals surface area contributed by atoms with Crippen LogP contribution in [0.3, 0.4) is 0 Å². The molecule has 0 saturated heterocycles. The first-order valence-electron chi connectivity index (χ1n) is 13.2. The third-order valence-electron chi connectivity index (χ3n) is 6.98. The lowest BCUT2D eigenvalue weighted by Crippen LogP contribution is -2.39. The first-order chi connectivity index (χ1) is 17.9. The van der Waals surface area contributed by atoms with Crippen LogP contribution in [0.15, 0.2) is 115 Å². The number of benzene rings is 4. The maximum absolute atomic E-state index is 7.02. The van der Waals surface area contributed by atoms with Gasteiger partial charge < -0.3 is 9.16 Å². The van der Waals surface area contributed by atoms with Gasteiger partial charge in [-0.1, -0.05) is 73.7 Å². The summed E-state index contributed by atoms with van der Waals surface area (Å²) in [4.78, 5) is 0. The minimum Gasteiger partial charge on any atom is -0.497 e. The van der Waals surface area contributed by atoms with Crippen LogP contribution in [0.2, 0.25) is 19.6 Å². The van der Waals surface area contributed by atoms with E-state index in [-0.39, 0.29) is 6.10 Å². The van der Waals surface area contributed by atoms with Crippen molar-refractivity contribution in [3.63, 3.8) is 0 Å². The van der Waals surface area contributed by atoms with E-state index >= 15 is 0 Å². The molecule has 4 heteroatoms. The van der Waals surface area contributed by atoms with E-state index in [9.17, 15) is 0 Å². The van der Waals surface area contributed by atoms with Crippen LogP contribution in [0.25, 0.3) is 0 Å². The minimum atomic E-state index is -1.97. The molecule has 0 amide bonds. The zero-order valence-corrected chi connectivity index (χ0v) is 24.7. The zero-order chi connectivity index (χ0) is 26.3. The maximum Gasteiger partial charge on any atom is 0.184 e. The Hall–Kier alpha value is -2.71. The Morgan fingerprint density at radius 2 is 1.08 bits per heavy atom. The maximum atomic E-state index is 7.02. The summed E-state index contributed by atoms with van der Waals surface area (Å²) in [5, 5.41) is 4.27. The van der Waals surface area contributed by atoms with E-state index in [0.717, 1.165) is 18.3 Å². The molecule has 37 heavy (non-hydrogen) atoms. The molecule has 0 radical (unpaired) electrons. The normalized spacial score (nSPS) is 13.6. The van der Waals surface area contributed by atoms with Gasteiger partial charge in [-0.15, -0.1) is 0 Å². The summed E-state index contributed by atoms with van der Waals surface area (Å²) in [5.41, 5.74) is 1.24. The SMILES string of the molecule is CCC(C[P+](c1ccccc1)(c1ccccc1)c1ccccc1)C(O[Si](C)(C)C)c1ccc(OC)cc1. The number of rotatable bonds is 11. The predicted octanol–water partition coefficient (Wildman–Crippen LogP) is 7.61. The summed E-state index contributed by atoms with van der Waals surface area (Å²) in [5.74, 6) is 1.22. The van der Waals surface area contributed by atoms with E-state index in [2.05, 4.69) is 142 Å². The van der Waals surface area contributed by atoms with Gasteiger partial charge in [0.15, 0.2) is 8.32 Å². The highest BCUT2D eigenvalue weighted by atomic mass is 31.2. The number of hydrogen-bond acceptors (Lipinski definition) is 2. The number of hydrogen-bond donors (Lipinski definition) is 0. The van der Waals surface area contributed by atoms with E-state index < -0.39 is 15.6 Å². The highest BCUT2D eigenvalue weighted by Gasteiger charge is 2.48. The lowest BCUT2D eigenvalue weighted by atomic mass is 9.95. The second kappa shape index (κ2) is 12.2. The molecule has 0 fully saturated rings. The summed E-state index contributed by atoms with van der Waals surface area (Å²) in [6, 6.07) is 42.1. The molecule has 0 N–H and O–H groups in total. The van der Waals surface area contributed by atoms with Crippen molar-refractivity contribution >= 4 is 31.5 Å². The summed E-state index contributed by atoms with van der Waals surface area (Å²) < 4.78 is 12.5. The summed E-state index contributed by atoms with van der Waals surface area (Å²) in [7, 11) is -2.09. The van der Waals surface area contributed by atoms with Gasteiger partial charge in [-0.3, -0.25) is 0 Å². The van der Waals surface area contributed by atoms with E-state index in [4.69, 9.17) is 9.16 Å². The third-order valence-corrected chi connectivity index (χ3v) is 12.5. The molecular weight excluding hydrogens is 487 g/mol. The standard InChI is InChI=1S/C33H40O2PSi/c1-6-27(33(35-37(3,4)5)28-22-24-29(34-2)25-23-28)26-36(30-16-10-7-11-17-30,31-18-12-8-13-19-31)32-20-14-9-15-21-32/h7-25,27,33H,6,26H2,1-5H3/q+1. The predicted molar refractivity (Wildman–Crippen MR) is 164 cm³/mol. The van der Waals surface area contributed by atoms with Crippen LogP contribution in [0.1, 0.15) is 25.0 Å². The second-order valence-corrected chi connectivity index (χ2v) is 18.6. The Kier molecular flexibility index (Phi) is 9.02. The molecule has 0 bridgehead atoms. The largest absolute Gasteiger partial charge is 0.497 e. The van der Waals surface area contributed by atoms with Crippen molar-refractivity contribution in [2.24, 2.45) is 5.92 Å². The first kappa shape index (κ1) is 27.3. The van der Waals surface area contributed by atoms with Crippen LogP contribution < -0.4 is 20.7 Å². The molecule has 0 spiro atoms. The second-order valence-electron chi connectivity index (χ2n) is 10.6. The van der Waals surface area contributed by atoms with Crippen LogP contribution in [-0.2, 0) is 4.43 Å². The summed E-state index contributed by atoms with van der Waals surface area (Å²) in [6.45, 7) is 9.21. The Labute approximate surface area is 225 Å². The smallest absolute Gasteiger partial charge is 0.184 e. The topological polar surface area (TPSA) is 18.5 Å². The zero-order valence-electron chi connectivity index (χ0n) is 22.8. The van der Waals surface area contributed by atoms with Crippen molar-refractivity contribution < 1.29 is 9.16 Å². The molecule has 192 valence electrons. The Balaban J connectivity index is 1.90. The number of ether oxygens (including phenoxy) is 1. The van der Waals surface area contributed by atoms with Gasteiger partial charge in [0.2, 0.25) is 0 Å². The van der Waals surface area contributed by atoms with Crippen LogP contribution in [-0.4, -0.2) is 21.6 Å². The fourth-order valence-electron chi connectivity index (χ4n) is 5.21. The van der Waals surface area contributed by atoms with Crippen molar-refractivity contribution in [3.8, 4) is 5.75 Å². The van der Waals surface area contributed by atoms with E-state index in [1.807, 2.05) is 0 Å². The molecule has 4 aromatic rings. The van der Waals surface area contributed by atoms with Crippen molar-refractivity contribution in [2.75, 3.05) is 13.3 Å². The summed E-state index contributed by atoms with van der Waals surface area (Å²) in [6.07, 6.45) is 2.11. The van der Waals surface area contributed by atoms with E-state index in [1.165, 1.54) is 21.5 Å². The highest BCUT2D eigenvalue weighted by molar-refractivity contribution is 7.95. The van der Waals surface area contributed by atoms with Gasteiger partial charge in [-0.25, -0.2) is 0 Å². The van der Waals surface area contributed by atoms with E-state index in [0.29, 0.717) is 5.92 Å². The van der Waals surface area contributed by atoms with Gasteiger partial charge in [0, 0.05) is 5.92 Å². The molecule has 0 saturated carbocycles. The van der Waals surface area contributed by atoms with Crippen LogP contribution in [0.4, 0.5) is 0 Å². The van der Waals surface area contributed by atoms with Gasteiger partial charge in [0.05, 0.1) is 19.4 Å². The molecule has 4 rings (SSSR count). The Morgan fingerprint density at radius 1 is 0.649 bits per heavy atom. The lowest BCUT2D eigenvalue weighted by molar-refractivity contribution is 0.136. The van der Waals surface area contributed by atoms with Crippen molar-refractivity contribution in [1.29, 1.82) is 0 Å². The first-order valence-corrected chi connectivity index (χ1v) is 18.6. The van der Waals surface area contributed by atoms with E-state index in [1.54, 1.807) is 7.11 Å². The minimum absolute atomic E-state index is 0.0260. The average Bonchev–Trinajstić information content (AvgIpc) is 2.94. The monoisotopic (exact) mass is 527 g/mol. The molecule has 2 unspecified atom stereocenters. The van der Waals surface area contributed by atoms with Crippen LogP contribution in [0.5, 0.6) is 5.75 Å².